The Hall–Kier alpha value is -3.16. The zero-order chi connectivity index (χ0) is 26.3. The Labute approximate surface area is 214 Å². The second kappa shape index (κ2) is 12.2. The van der Waals surface area contributed by atoms with Crippen molar-refractivity contribution in [1.82, 2.24) is 19.8 Å². The number of benzene rings is 1. The number of anilines is 1. The second-order valence-electron chi connectivity index (χ2n) is 10.9. The molecule has 8 heteroatoms. The lowest BCUT2D eigenvalue weighted by Crippen LogP contribution is -2.47. The molecule has 1 aromatic carbocycles. The molecule has 2 atom stereocenters. The van der Waals surface area contributed by atoms with Crippen molar-refractivity contribution in [2.75, 3.05) is 18.4 Å². The van der Waals surface area contributed by atoms with E-state index in [0.717, 1.165) is 44.3 Å². The van der Waals surface area contributed by atoms with Crippen LogP contribution in [0.2, 0.25) is 0 Å². The molecule has 196 valence electrons. The molecule has 1 aliphatic rings. The first-order valence-corrected chi connectivity index (χ1v) is 13.1. The van der Waals surface area contributed by atoms with Crippen LogP contribution in [0.4, 0.5) is 5.82 Å². The summed E-state index contributed by atoms with van der Waals surface area (Å²) in [6, 6.07) is 8.44. The average Bonchev–Trinajstić information content (AvgIpc) is 3.29. The van der Waals surface area contributed by atoms with Crippen molar-refractivity contribution in [3.63, 3.8) is 0 Å². The maximum absolute atomic E-state index is 13.6. The third-order valence-electron chi connectivity index (χ3n) is 6.74. The van der Waals surface area contributed by atoms with Gasteiger partial charge in [0, 0.05) is 24.7 Å². The number of aromatic nitrogens is 2. The van der Waals surface area contributed by atoms with Crippen molar-refractivity contribution >= 4 is 23.5 Å². The van der Waals surface area contributed by atoms with Crippen molar-refractivity contribution < 1.29 is 14.4 Å². The molecular formula is C28H41N5O3. The third kappa shape index (κ3) is 7.18. The smallest absolute Gasteiger partial charge is 0.250 e. The summed E-state index contributed by atoms with van der Waals surface area (Å²) in [5.41, 5.74) is 0.275. The summed E-state index contributed by atoms with van der Waals surface area (Å²) in [6.07, 6.45) is 7.56. The molecule has 1 aromatic heterocycles. The molecule has 3 rings (SSSR count). The van der Waals surface area contributed by atoms with Crippen molar-refractivity contribution in [3.05, 3.63) is 48.4 Å². The number of likely N-dealkylation sites (tertiary alicyclic amines) is 1. The second-order valence-corrected chi connectivity index (χ2v) is 10.9. The van der Waals surface area contributed by atoms with Crippen LogP contribution >= 0.6 is 0 Å². The zero-order valence-electron chi connectivity index (χ0n) is 22.3. The predicted octanol–water partition coefficient (Wildman–Crippen LogP) is 4.39. The molecule has 3 amide bonds. The molecule has 1 aliphatic heterocycles. The highest BCUT2D eigenvalue weighted by Gasteiger charge is 2.31. The largest absolute Gasteiger partial charge is 0.344 e. The van der Waals surface area contributed by atoms with Crippen LogP contribution in [-0.2, 0) is 14.4 Å². The summed E-state index contributed by atoms with van der Waals surface area (Å²) >= 11 is 0. The highest BCUT2D eigenvalue weighted by Crippen LogP contribution is 2.26. The van der Waals surface area contributed by atoms with Crippen molar-refractivity contribution in [2.24, 2.45) is 11.3 Å². The van der Waals surface area contributed by atoms with E-state index in [1.54, 1.807) is 17.1 Å². The number of hydrogen-bond donors (Lipinski definition) is 2. The Morgan fingerprint density at radius 1 is 1.11 bits per heavy atom. The van der Waals surface area contributed by atoms with E-state index in [-0.39, 0.29) is 17.7 Å². The normalized spacial score (nSPS) is 16.3. The fourth-order valence-electron chi connectivity index (χ4n) is 4.29. The topological polar surface area (TPSA) is 96.3 Å². The Morgan fingerprint density at radius 2 is 1.78 bits per heavy atom. The monoisotopic (exact) mass is 495 g/mol. The number of unbranched alkanes of at least 4 members (excludes halogenated alkanes) is 1. The lowest BCUT2D eigenvalue weighted by atomic mass is 9.94. The maximum atomic E-state index is 13.6. The highest BCUT2D eigenvalue weighted by atomic mass is 16.2. The van der Waals surface area contributed by atoms with E-state index < -0.39 is 17.5 Å². The van der Waals surface area contributed by atoms with E-state index in [0.29, 0.717) is 18.2 Å². The van der Waals surface area contributed by atoms with Gasteiger partial charge < -0.3 is 20.1 Å². The van der Waals surface area contributed by atoms with Gasteiger partial charge in [-0.05, 0) is 30.7 Å². The average molecular weight is 496 g/mol. The summed E-state index contributed by atoms with van der Waals surface area (Å²) in [5, 5.41) is 5.73. The molecule has 1 saturated heterocycles. The molecule has 1 fully saturated rings. The predicted molar refractivity (Wildman–Crippen MR) is 141 cm³/mol. The van der Waals surface area contributed by atoms with Crippen LogP contribution in [0, 0.1) is 11.3 Å². The van der Waals surface area contributed by atoms with Crippen LogP contribution in [-0.4, -0.2) is 51.3 Å². The molecule has 0 radical (unpaired) electrons. The number of carbonyl (C=O) groups excluding carboxylic acids is 3. The number of piperidine rings is 1. The number of rotatable bonds is 9. The summed E-state index contributed by atoms with van der Waals surface area (Å²) in [7, 11) is 0. The van der Waals surface area contributed by atoms with E-state index >= 15 is 0 Å². The minimum Gasteiger partial charge on any atom is -0.344 e. The Balaban J connectivity index is 1.79. The molecule has 0 aliphatic carbocycles. The summed E-state index contributed by atoms with van der Waals surface area (Å²) < 4.78 is 1.76. The van der Waals surface area contributed by atoms with Gasteiger partial charge in [0.1, 0.15) is 12.1 Å². The molecule has 0 bridgehead atoms. The lowest BCUT2D eigenvalue weighted by molar-refractivity contribution is -0.135. The van der Waals surface area contributed by atoms with Gasteiger partial charge in [0.05, 0.1) is 6.33 Å². The molecule has 1 unspecified atom stereocenters. The van der Waals surface area contributed by atoms with Gasteiger partial charge in [-0.15, -0.1) is 0 Å². The summed E-state index contributed by atoms with van der Waals surface area (Å²) in [6.45, 7) is 11.2. The van der Waals surface area contributed by atoms with Crippen LogP contribution in [0.25, 0.3) is 0 Å². The van der Waals surface area contributed by atoms with Crippen LogP contribution < -0.4 is 10.6 Å². The SMILES string of the molecule is CCCC[C@@H](NC(=O)C(C)(C)C)C(=O)Nc1cn(C(C(=O)N2CCC(C)CC2)c2ccccc2)cn1. The van der Waals surface area contributed by atoms with Crippen LogP contribution in [0.5, 0.6) is 0 Å². The van der Waals surface area contributed by atoms with E-state index in [9.17, 15) is 14.4 Å². The third-order valence-corrected chi connectivity index (χ3v) is 6.74. The minimum atomic E-state index is -0.649. The molecular weight excluding hydrogens is 454 g/mol. The number of imidazole rings is 1. The lowest BCUT2D eigenvalue weighted by Gasteiger charge is -2.33. The first-order chi connectivity index (χ1) is 17.1. The van der Waals surface area contributed by atoms with E-state index in [2.05, 4.69) is 22.5 Å². The number of carbonyl (C=O) groups is 3. The zero-order valence-corrected chi connectivity index (χ0v) is 22.3. The molecule has 0 saturated carbocycles. The van der Waals surface area contributed by atoms with E-state index in [1.807, 2.05) is 62.9 Å². The Kier molecular flexibility index (Phi) is 9.29. The van der Waals surface area contributed by atoms with Crippen molar-refractivity contribution in [1.29, 1.82) is 0 Å². The molecule has 2 aromatic rings. The molecule has 2 N–H and O–H groups in total. The van der Waals surface area contributed by atoms with Crippen molar-refractivity contribution in [2.45, 2.75) is 78.8 Å². The van der Waals surface area contributed by atoms with Gasteiger partial charge in [0.25, 0.3) is 0 Å². The highest BCUT2D eigenvalue weighted by molar-refractivity contribution is 5.97. The van der Waals surface area contributed by atoms with Gasteiger partial charge in [-0.25, -0.2) is 4.98 Å². The van der Waals surface area contributed by atoms with Crippen LogP contribution in [0.3, 0.4) is 0 Å². The van der Waals surface area contributed by atoms with Crippen LogP contribution in [0.1, 0.15) is 78.3 Å². The molecule has 8 nitrogen and oxygen atoms in total. The first kappa shape index (κ1) is 27.4. The van der Waals surface area contributed by atoms with E-state index in [4.69, 9.17) is 0 Å². The van der Waals surface area contributed by atoms with Gasteiger partial charge in [0.15, 0.2) is 5.82 Å². The number of nitrogens with zero attached hydrogens (tertiary/aromatic N) is 3. The van der Waals surface area contributed by atoms with Crippen molar-refractivity contribution in [3.8, 4) is 0 Å². The fraction of sp³-hybridized carbons (Fsp3) is 0.571. The maximum Gasteiger partial charge on any atom is 0.250 e. The number of nitrogens with one attached hydrogen (secondary N) is 2. The molecule has 2 heterocycles. The molecule has 36 heavy (non-hydrogen) atoms. The van der Waals surface area contributed by atoms with Crippen LogP contribution in [0.15, 0.2) is 42.9 Å². The van der Waals surface area contributed by atoms with Gasteiger partial charge in [-0.1, -0.05) is 77.8 Å². The summed E-state index contributed by atoms with van der Waals surface area (Å²) in [5.74, 6) is 0.529. The number of amides is 3. The fourth-order valence-corrected chi connectivity index (χ4v) is 4.29. The molecule has 0 spiro atoms. The van der Waals surface area contributed by atoms with Gasteiger partial charge >= 0.3 is 0 Å². The van der Waals surface area contributed by atoms with Gasteiger partial charge in [-0.2, -0.15) is 0 Å². The summed E-state index contributed by atoms with van der Waals surface area (Å²) in [4.78, 5) is 45.6. The minimum absolute atomic E-state index is 0.0293. The standard InChI is InChI=1S/C28H41N5O3/c1-6-7-13-22(30-27(36)28(3,4)5)25(34)31-23-18-33(19-29-23)24(21-11-9-8-10-12-21)26(35)32-16-14-20(2)15-17-32/h8-12,18-20,22,24H,6-7,13-17H2,1-5H3,(H,30,36)(H,31,34)/t22-,24?/m1/s1. The number of hydrogen-bond acceptors (Lipinski definition) is 4. The van der Waals surface area contributed by atoms with Gasteiger partial charge in [-0.3, -0.25) is 14.4 Å². The first-order valence-electron chi connectivity index (χ1n) is 13.1. The quantitative estimate of drug-likeness (QED) is 0.539. The Morgan fingerprint density at radius 3 is 2.39 bits per heavy atom. The van der Waals surface area contributed by atoms with Gasteiger partial charge in [0.2, 0.25) is 17.7 Å². The Bertz CT molecular complexity index is 1020. The van der Waals surface area contributed by atoms with E-state index in [1.165, 1.54) is 0 Å².